The number of halogens is 6. The Balaban J connectivity index is 1.90. The normalized spacial score (nSPS) is 12.7. The lowest BCUT2D eigenvalue weighted by molar-refractivity contribution is -0.140. The van der Waals surface area contributed by atoms with Crippen molar-refractivity contribution in [3.05, 3.63) is 129 Å². The second-order valence-corrected chi connectivity index (χ2v) is 15.2. The van der Waals surface area contributed by atoms with Crippen LogP contribution in [0.3, 0.4) is 0 Å². The van der Waals surface area contributed by atoms with Crippen molar-refractivity contribution in [2.45, 2.75) is 56.4 Å². The summed E-state index contributed by atoms with van der Waals surface area (Å²) in [4.78, 5) is 29.4. The number of hydrogen-bond acceptors (Lipinski definition) is 4. The SMILES string of the molecule is CC(C)(C)NC(=O)[C@H](Cc1ccccc1)N(Cc1c(Cl)cccc1Cl)C(=O)CN(c1ccc(Cl)c(C(F)(F)F)c1)S(=O)(=O)c1ccccc1. The van der Waals surface area contributed by atoms with Crippen LogP contribution in [0.15, 0.2) is 102 Å². The second-order valence-electron chi connectivity index (χ2n) is 12.2. The van der Waals surface area contributed by atoms with E-state index in [1.54, 1.807) is 75.4 Å². The third-order valence-corrected chi connectivity index (χ3v) is 10.1. The number of anilines is 1. The number of nitrogens with one attached hydrogen (secondary N) is 1. The maximum absolute atomic E-state index is 14.6. The van der Waals surface area contributed by atoms with Crippen LogP contribution in [0.5, 0.6) is 0 Å². The van der Waals surface area contributed by atoms with Crippen LogP contribution >= 0.6 is 34.8 Å². The number of rotatable bonds is 11. The van der Waals surface area contributed by atoms with Gasteiger partial charge < -0.3 is 10.2 Å². The first-order valence-electron chi connectivity index (χ1n) is 14.9. The molecule has 0 fully saturated rings. The van der Waals surface area contributed by atoms with Crippen molar-refractivity contribution < 1.29 is 31.2 Å². The molecule has 4 rings (SSSR count). The standard InChI is InChI=1S/C35H33Cl3F3N3O4S/c1-34(2,3)42-33(46)31(19-23-11-6-4-7-12-23)43(21-26-28(36)15-10-16-29(26)37)32(45)22-44(49(47,48)25-13-8-5-9-14-25)24-17-18-30(38)27(20-24)35(39,40)41/h4-18,20,31H,19,21-22H2,1-3H3,(H,42,46)/t31-/m0/s1. The van der Waals surface area contributed by atoms with E-state index < -0.39 is 62.4 Å². The van der Waals surface area contributed by atoms with Gasteiger partial charge in [0.2, 0.25) is 11.8 Å². The molecule has 0 bridgehead atoms. The Morgan fingerprint density at radius 2 is 1.37 bits per heavy atom. The van der Waals surface area contributed by atoms with Gasteiger partial charge in [-0.25, -0.2) is 8.42 Å². The molecule has 0 aliphatic heterocycles. The van der Waals surface area contributed by atoms with E-state index in [-0.39, 0.29) is 33.5 Å². The average molecular weight is 755 g/mol. The predicted molar refractivity (Wildman–Crippen MR) is 186 cm³/mol. The molecule has 1 N–H and O–H groups in total. The number of alkyl halides is 3. The molecule has 0 saturated carbocycles. The minimum Gasteiger partial charge on any atom is -0.350 e. The van der Waals surface area contributed by atoms with E-state index in [1.807, 2.05) is 0 Å². The lowest BCUT2D eigenvalue weighted by Crippen LogP contribution is -2.56. The molecule has 0 unspecified atom stereocenters. The molecule has 0 saturated heterocycles. The smallest absolute Gasteiger partial charge is 0.350 e. The van der Waals surface area contributed by atoms with Gasteiger partial charge in [-0.15, -0.1) is 0 Å². The van der Waals surface area contributed by atoms with Crippen molar-refractivity contribution in [3.63, 3.8) is 0 Å². The van der Waals surface area contributed by atoms with Crippen molar-refractivity contribution in [2.75, 3.05) is 10.8 Å². The lowest BCUT2D eigenvalue weighted by atomic mass is 10.0. The number of hydrogen-bond donors (Lipinski definition) is 1. The van der Waals surface area contributed by atoms with Crippen LogP contribution in [-0.2, 0) is 38.8 Å². The van der Waals surface area contributed by atoms with E-state index >= 15 is 0 Å². The number of nitrogens with zero attached hydrogens (tertiary/aromatic N) is 2. The van der Waals surface area contributed by atoms with Crippen molar-refractivity contribution in [3.8, 4) is 0 Å². The van der Waals surface area contributed by atoms with E-state index in [4.69, 9.17) is 34.8 Å². The minimum absolute atomic E-state index is 0.00116. The molecule has 0 heterocycles. The number of benzene rings is 4. The fourth-order valence-electron chi connectivity index (χ4n) is 4.99. The number of carbonyl (C=O) groups is 2. The zero-order valence-corrected chi connectivity index (χ0v) is 29.7. The van der Waals surface area contributed by atoms with Gasteiger partial charge in [0.25, 0.3) is 10.0 Å². The predicted octanol–water partition coefficient (Wildman–Crippen LogP) is 8.42. The highest BCUT2D eigenvalue weighted by Crippen LogP contribution is 2.38. The molecule has 0 radical (unpaired) electrons. The minimum atomic E-state index is -4.93. The zero-order valence-electron chi connectivity index (χ0n) is 26.6. The molecular weight excluding hydrogens is 722 g/mol. The summed E-state index contributed by atoms with van der Waals surface area (Å²) in [5.41, 5.74) is -1.53. The summed E-state index contributed by atoms with van der Waals surface area (Å²) in [5.74, 6) is -1.47. The van der Waals surface area contributed by atoms with Crippen LogP contribution in [0.1, 0.15) is 37.5 Å². The van der Waals surface area contributed by atoms with Crippen molar-refractivity contribution in [1.82, 2.24) is 10.2 Å². The van der Waals surface area contributed by atoms with Crippen LogP contribution in [-0.4, -0.2) is 43.3 Å². The van der Waals surface area contributed by atoms with E-state index in [9.17, 15) is 31.2 Å². The zero-order chi connectivity index (χ0) is 36.1. The summed E-state index contributed by atoms with van der Waals surface area (Å²) in [7, 11) is -4.66. The third-order valence-electron chi connectivity index (χ3n) is 7.31. The topological polar surface area (TPSA) is 86.8 Å². The van der Waals surface area contributed by atoms with Crippen LogP contribution in [0.2, 0.25) is 15.1 Å². The number of carbonyl (C=O) groups excluding carboxylic acids is 2. The van der Waals surface area contributed by atoms with Gasteiger partial charge in [0.15, 0.2) is 0 Å². The summed E-state index contributed by atoms with van der Waals surface area (Å²) in [5, 5.41) is 2.60. The summed E-state index contributed by atoms with van der Waals surface area (Å²) < 4.78 is 70.7. The first-order valence-corrected chi connectivity index (χ1v) is 17.5. The van der Waals surface area contributed by atoms with Gasteiger partial charge in [0.05, 0.1) is 21.2 Å². The van der Waals surface area contributed by atoms with Crippen molar-refractivity contribution in [2.24, 2.45) is 0 Å². The van der Waals surface area contributed by atoms with E-state index in [1.165, 1.54) is 24.3 Å². The Hall–Kier alpha value is -3.77. The highest BCUT2D eigenvalue weighted by molar-refractivity contribution is 7.92. The molecule has 4 aromatic rings. The molecule has 14 heteroatoms. The van der Waals surface area contributed by atoms with Gasteiger partial charge in [-0.1, -0.05) is 89.4 Å². The Labute approximate surface area is 298 Å². The summed E-state index contributed by atoms with van der Waals surface area (Å²) in [6.07, 6.45) is -4.93. The lowest BCUT2D eigenvalue weighted by Gasteiger charge is -2.35. The third kappa shape index (κ3) is 9.69. The average Bonchev–Trinajstić information content (AvgIpc) is 3.02. The Morgan fingerprint density at radius 1 is 0.796 bits per heavy atom. The highest BCUT2D eigenvalue weighted by atomic mass is 35.5. The van der Waals surface area contributed by atoms with Gasteiger partial charge in [-0.2, -0.15) is 13.2 Å². The highest BCUT2D eigenvalue weighted by Gasteiger charge is 2.38. The first-order chi connectivity index (χ1) is 22.9. The maximum Gasteiger partial charge on any atom is 0.417 e. The summed E-state index contributed by atoms with van der Waals surface area (Å²) in [6.45, 7) is 3.95. The van der Waals surface area contributed by atoms with Gasteiger partial charge in [-0.05, 0) is 68.8 Å². The molecule has 0 spiro atoms. The summed E-state index contributed by atoms with van der Waals surface area (Å²) in [6, 6.07) is 21.8. The van der Waals surface area contributed by atoms with Crippen LogP contribution in [0.25, 0.3) is 0 Å². The quantitative estimate of drug-likeness (QED) is 0.167. The molecule has 7 nitrogen and oxygen atoms in total. The molecule has 260 valence electrons. The van der Waals surface area contributed by atoms with Crippen LogP contribution in [0, 0.1) is 0 Å². The van der Waals surface area contributed by atoms with Crippen LogP contribution in [0.4, 0.5) is 18.9 Å². The van der Waals surface area contributed by atoms with Gasteiger partial charge in [0.1, 0.15) is 12.6 Å². The number of amides is 2. The Bertz CT molecular complexity index is 1890. The summed E-state index contributed by atoms with van der Waals surface area (Å²) >= 11 is 18.9. The van der Waals surface area contributed by atoms with Gasteiger partial charge in [0, 0.05) is 34.1 Å². The molecule has 2 amide bonds. The van der Waals surface area contributed by atoms with Crippen molar-refractivity contribution >= 4 is 62.3 Å². The van der Waals surface area contributed by atoms with E-state index in [2.05, 4.69) is 5.32 Å². The second kappa shape index (κ2) is 15.4. The molecule has 0 aliphatic rings. The molecular formula is C35H33Cl3F3N3O4S. The van der Waals surface area contributed by atoms with Crippen LogP contribution < -0.4 is 9.62 Å². The molecule has 0 aromatic heterocycles. The van der Waals surface area contributed by atoms with Gasteiger partial charge >= 0.3 is 6.18 Å². The largest absolute Gasteiger partial charge is 0.417 e. The monoisotopic (exact) mass is 753 g/mol. The Morgan fingerprint density at radius 3 is 1.92 bits per heavy atom. The van der Waals surface area contributed by atoms with Gasteiger partial charge in [-0.3, -0.25) is 13.9 Å². The first kappa shape index (κ1) is 38.0. The molecule has 4 aromatic carbocycles. The van der Waals surface area contributed by atoms with E-state index in [0.717, 1.165) is 17.0 Å². The fraction of sp³-hybridized carbons (Fsp3) is 0.257. The molecule has 0 aliphatic carbocycles. The molecule has 1 atom stereocenters. The fourth-order valence-corrected chi connectivity index (χ4v) is 7.16. The van der Waals surface area contributed by atoms with E-state index in [0.29, 0.717) is 15.9 Å². The maximum atomic E-state index is 14.6. The number of sulfonamides is 1. The Kier molecular flexibility index (Phi) is 12.0. The molecule has 49 heavy (non-hydrogen) atoms. The van der Waals surface area contributed by atoms with Crippen molar-refractivity contribution in [1.29, 1.82) is 0 Å².